The number of imidazole rings is 1. The first-order valence-corrected chi connectivity index (χ1v) is 3.85. The first kappa shape index (κ1) is 7.79. The van der Waals surface area contributed by atoms with Crippen molar-refractivity contribution >= 4 is 11.3 Å². The van der Waals surface area contributed by atoms with Crippen LogP contribution in [0.25, 0.3) is 5.52 Å². The Hall–Kier alpha value is -1.84. The Morgan fingerprint density at radius 2 is 2.31 bits per heavy atom. The Labute approximate surface area is 74.5 Å². The Morgan fingerprint density at radius 1 is 1.54 bits per heavy atom. The van der Waals surface area contributed by atoms with Gasteiger partial charge in [-0.05, 0) is 12.1 Å². The average Bonchev–Trinajstić information content (AvgIpc) is 2.46. The second-order valence-electron chi connectivity index (χ2n) is 2.82. The molecular weight excluding hydrogens is 168 g/mol. The van der Waals surface area contributed by atoms with Crippen LogP contribution >= 0.6 is 0 Å². The molecule has 4 heteroatoms. The lowest BCUT2D eigenvalue weighted by Gasteiger charge is -1.97. The quantitative estimate of drug-likeness (QED) is 0.665. The van der Waals surface area contributed by atoms with Crippen molar-refractivity contribution in [1.29, 1.82) is 0 Å². The van der Waals surface area contributed by atoms with Gasteiger partial charge in [0.25, 0.3) is 0 Å². The second-order valence-corrected chi connectivity index (χ2v) is 2.82. The number of carbonyl (C=O) groups excluding carboxylic acids is 1. The van der Waals surface area contributed by atoms with E-state index in [1.807, 2.05) is 0 Å². The number of aromatic nitrogens is 2. The molecule has 2 aromatic heterocycles. The van der Waals surface area contributed by atoms with Gasteiger partial charge in [0.2, 0.25) is 0 Å². The van der Waals surface area contributed by atoms with Crippen molar-refractivity contribution in [2.24, 2.45) is 0 Å². The van der Waals surface area contributed by atoms with Crippen LogP contribution in [0.4, 0.5) is 0 Å². The van der Waals surface area contributed by atoms with Crippen LogP contribution in [-0.4, -0.2) is 20.3 Å². The lowest BCUT2D eigenvalue weighted by molar-refractivity contribution is 0.100. The van der Waals surface area contributed by atoms with Crippen molar-refractivity contribution in [3.63, 3.8) is 0 Å². The number of Topliss-reactive ketones (excluding diaryl/α,β-unsaturated/α-hetero) is 1. The zero-order chi connectivity index (χ0) is 9.42. The normalized spacial score (nSPS) is 10.5. The molecule has 0 fully saturated rings. The minimum Gasteiger partial charge on any atom is -0.506 e. The van der Waals surface area contributed by atoms with E-state index >= 15 is 0 Å². The highest BCUT2D eigenvalue weighted by Gasteiger charge is 2.07. The molecule has 0 saturated carbocycles. The van der Waals surface area contributed by atoms with Gasteiger partial charge in [-0.25, -0.2) is 4.98 Å². The Bertz CT molecular complexity index is 473. The number of hydrogen-bond acceptors (Lipinski definition) is 3. The molecule has 0 radical (unpaired) electrons. The first-order valence-electron chi connectivity index (χ1n) is 3.85. The van der Waals surface area contributed by atoms with E-state index in [0.29, 0.717) is 5.82 Å². The highest BCUT2D eigenvalue weighted by Crippen LogP contribution is 2.13. The highest BCUT2D eigenvalue weighted by atomic mass is 16.3. The fraction of sp³-hybridized carbons (Fsp3) is 0.111. The lowest BCUT2D eigenvalue weighted by atomic mass is 10.4. The molecule has 4 nitrogen and oxygen atoms in total. The van der Waals surface area contributed by atoms with Gasteiger partial charge in [0.05, 0.1) is 17.9 Å². The molecule has 0 aliphatic heterocycles. The molecular formula is C9H8N2O2. The van der Waals surface area contributed by atoms with Crippen molar-refractivity contribution < 1.29 is 9.90 Å². The van der Waals surface area contributed by atoms with E-state index in [-0.39, 0.29) is 11.5 Å². The second kappa shape index (κ2) is 2.58. The van der Waals surface area contributed by atoms with Crippen molar-refractivity contribution in [2.75, 3.05) is 0 Å². The Morgan fingerprint density at radius 3 is 3.00 bits per heavy atom. The molecule has 0 aliphatic carbocycles. The molecule has 0 bridgehead atoms. The molecule has 2 rings (SSSR count). The largest absolute Gasteiger partial charge is 0.506 e. The summed E-state index contributed by atoms with van der Waals surface area (Å²) in [6, 6.07) is 3.26. The van der Waals surface area contributed by atoms with Gasteiger partial charge in [-0.2, -0.15) is 0 Å². The van der Waals surface area contributed by atoms with E-state index in [9.17, 15) is 9.90 Å². The number of nitrogens with zero attached hydrogens (tertiary/aromatic N) is 2. The van der Waals surface area contributed by atoms with E-state index in [1.54, 1.807) is 22.7 Å². The summed E-state index contributed by atoms with van der Waals surface area (Å²) in [4.78, 5) is 15.0. The molecule has 1 N–H and O–H groups in total. The molecule has 2 aromatic rings. The van der Waals surface area contributed by atoms with E-state index in [4.69, 9.17) is 0 Å². The third-order valence-corrected chi connectivity index (χ3v) is 1.83. The predicted molar refractivity (Wildman–Crippen MR) is 46.9 cm³/mol. The van der Waals surface area contributed by atoms with Crippen LogP contribution in [-0.2, 0) is 0 Å². The number of hydrogen-bond donors (Lipinski definition) is 1. The third kappa shape index (κ3) is 1.16. The summed E-state index contributed by atoms with van der Waals surface area (Å²) >= 11 is 0. The minimum absolute atomic E-state index is 0.119. The third-order valence-electron chi connectivity index (χ3n) is 1.83. The zero-order valence-electron chi connectivity index (χ0n) is 7.06. The maximum Gasteiger partial charge on any atom is 0.195 e. The first-order chi connectivity index (χ1) is 6.18. The standard InChI is InChI=1S/C9H8N2O2/c1-6(12)9-10-4-7-2-3-8(13)5-11(7)9/h2-5,13H,1H3. The van der Waals surface area contributed by atoms with E-state index in [0.717, 1.165) is 5.52 Å². The molecule has 0 aliphatic rings. The maximum absolute atomic E-state index is 11.1. The summed E-state index contributed by atoms with van der Waals surface area (Å²) in [7, 11) is 0. The Kier molecular flexibility index (Phi) is 1.55. The molecule has 0 spiro atoms. The van der Waals surface area contributed by atoms with Crippen molar-refractivity contribution in [1.82, 2.24) is 9.38 Å². The number of carbonyl (C=O) groups is 1. The summed E-state index contributed by atoms with van der Waals surface area (Å²) in [5, 5.41) is 9.19. The Balaban J connectivity index is 2.79. The van der Waals surface area contributed by atoms with Gasteiger partial charge in [-0.3, -0.25) is 9.20 Å². The van der Waals surface area contributed by atoms with Crippen LogP contribution < -0.4 is 0 Å². The van der Waals surface area contributed by atoms with Crippen molar-refractivity contribution in [3.8, 4) is 5.75 Å². The van der Waals surface area contributed by atoms with Crippen molar-refractivity contribution in [3.05, 3.63) is 30.4 Å². The number of ketones is 1. The predicted octanol–water partition coefficient (Wildman–Crippen LogP) is 1.24. The summed E-state index contributed by atoms with van der Waals surface area (Å²) in [5.41, 5.74) is 0.794. The lowest BCUT2D eigenvalue weighted by Crippen LogP contribution is -1.99. The highest BCUT2D eigenvalue weighted by molar-refractivity contribution is 5.91. The van der Waals surface area contributed by atoms with Gasteiger partial charge in [-0.15, -0.1) is 0 Å². The topological polar surface area (TPSA) is 54.6 Å². The van der Waals surface area contributed by atoms with Gasteiger partial charge >= 0.3 is 0 Å². The van der Waals surface area contributed by atoms with Crippen LogP contribution in [0.1, 0.15) is 17.5 Å². The fourth-order valence-corrected chi connectivity index (χ4v) is 1.24. The monoisotopic (exact) mass is 176 g/mol. The van der Waals surface area contributed by atoms with Gasteiger partial charge in [0.15, 0.2) is 11.6 Å². The van der Waals surface area contributed by atoms with Crippen LogP contribution in [0, 0.1) is 0 Å². The molecule has 0 unspecified atom stereocenters. The van der Waals surface area contributed by atoms with Gasteiger partial charge in [-0.1, -0.05) is 0 Å². The smallest absolute Gasteiger partial charge is 0.195 e. The molecule has 13 heavy (non-hydrogen) atoms. The number of aromatic hydroxyl groups is 1. The summed E-state index contributed by atoms with van der Waals surface area (Å²) in [6.07, 6.45) is 3.06. The summed E-state index contributed by atoms with van der Waals surface area (Å²) in [5.74, 6) is 0.338. The SMILES string of the molecule is CC(=O)c1ncc2ccc(O)cn12. The number of fused-ring (bicyclic) bond motifs is 1. The number of rotatable bonds is 1. The van der Waals surface area contributed by atoms with E-state index in [1.165, 1.54) is 13.1 Å². The molecule has 0 amide bonds. The summed E-state index contributed by atoms with van der Waals surface area (Å²) < 4.78 is 1.57. The van der Waals surface area contributed by atoms with Crippen molar-refractivity contribution in [2.45, 2.75) is 6.92 Å². The molecule has 66 valence electrons. The van der Waals surface area contributed by atoms with Crippen LogP contribution in [0.3, 0.4) is 0 Å². The molecule has 0 atom stereocenters. The minimum atomic E-state index is -0.120. The number of pyridine rings is 1. The van der Waals surface area contributed by atoms with E-state index in [2.05, 4.69) is 4.98 Å². The zero-order valence-corrected chi connectivity index (χ0v) is 7.06. The molecule has 0 saturated heterocycles. The van der Waals surface area contributed by atoms with Gasteiger partial charge in [0, 0.05) is 6.92 Å². The van der Waals surface area contributed by atoms with Gasteiger partial charge in [0.1, 0.15) is 5.75 Å². The van der Waals surface area contributed by atoms with Crippen LogP contribution in [0.2, 0.25) is 0 Å². The molecule has 0 aromatic carbocycles. The molecule has 2 heterocycles. The summed E-state index contributed by atoms with van der Waals surface area (Å²) in [6.45, 7) is 1.44. The van der Waals surface area contributed by atoms with Gasteiger partial charge < -0.3 is 5.11 Å². The van der Waals surface area contributed by atoms with E-state index < -0.39 is 0 Å². The van der Waals surface area contributed by atoms with Crippen LogP contribution in [0.15, 0.2) is 24.5 Å². The van der Waals surface area contributed by atoms with Crippen LogP contribution in [0.5, 0.6) is 5.75 Å². The maximum atomic E-state index is 11.1. The average molecular weight is 176 g/mol. The fourth-order valence-electron chi connectivity index (χ4n) is 1.24.